The number of likely N-dealkylation sites (tertiary alicyclic amines) is 1. The molecule has 0 bridgehead atoms. The quantitative estimate of drug-likeness (QED) is 0.217. The van der Waals surface area contributed by atoms with Gasteiger partial charge in [0.2, 0.25) is 5.91 Å². The number of guanidine groups is 1. The number of halogens is 1. The van der Waals surface area contributed by atoms with E-state index in [-0.39, 0.29) is 24.0 Å². The van der Waals surface area contributed by atoms with Gasteiger partial charge in [0.15, 0.2) is 17.5 Å². The maximum absolute atomic E-state index is 12.0. The zero-order valence-corrected chi connectivity index (χ0v) is 22.4. The number of aliphatic imine (C=N–C) groups is 1. The van der Waals surface area contributed by atoms with E-state index in [4.69, 9.17) is 14.5 Å². The molecule has 1 heterocycles. The number of rotatable bonds is 13. The number of carbonyl (C=O) groups excluding carboxylic acids is 1. The van der Waals surface area contributed by atoms with Crippen LogP contribution in [0.15, 0.2) is 23.2 Å². The summed E-state index contributed by atoms with van der Waals surface area (Å²) in [7, 11) is 0. The van der Waals surface area contributed by atoms with Crippen molar-refractivity contribution in [2.45, 2.75) is 65.8 Å². The summed E-state index contributed by atoms with van der Waals surface area (Å²) < 4.78 is 11.4. The van der Waals surface area contributed by atoms with Crippen molar-refractivity contribution in [1.82, 2.24) is 15.5 Å². The van der Waals surface area contributed by atoms with E-state index in [2.05, 4.69) is 36.6 Å². The number of benzene rings is 1. The number of hydrogen-bond donors (Lipinski definition) is 2. The Morgan fingerprint density at radius 2 is 1.88 bits per heavy atom. The van der Waals surface area contributed by atoms with Crippen LogP contribution in [0.3, 0.4) is 0 Å². The molecule has 1 saturated heterocycles. The lowest BCUT2D eigenvalue weighted by Gasteiger charge is -2.26. The molecule has 1 aliphatic rings. The summed E-state index contributed by atoms with van der Waals surface area (Å²) in [5, 5.41) is 6.73. The Labute approximate surface area is 210 Å². The molecular formula is C24H41IN4O3. The average Bonchev–Trinajstić information content (AvgIpc) is 3.19. The predicted molar refractivity (Wildman–Crippen MR) is 142 cm³/mol. The van der Waals surface area contributed by atoms with Gasteiger partial charge < -0.3 is 25.0 Å². The van der Waals surface area contributed by atoms with E-state index in [1.54, 1.807) is 0 Å². The van der Waals surface area contributed by atoms with E-state index in [1.165, 1.54) is 5.56 Å². The molecule has 1 amide bonds. The van der Waals surface area contributed by atoms with Gasteiger partial charge in [0, 0.05) is 38.6 Å². The van der Waals surface area contributed by atoms with Crippen molar-refractivity contribution in [2.75, 3.05) is 39.4 Å². The molecule has 0 radical (unpaired) electrons. The van der Waals surface area contributed by atoms with Crippen LogP contribution in [0.2, 0.25) is 0 Å². The van der Waals surface area contributed by atoms with Gasteiger partial charge >= 0.3 is 0 Å². The minimum absolute atomic E-state index is 0. The summed E-state index contributed by atoms with van der Waals surface area (Å²) in [4.78, 5) is 18.8. The second-order valence-corrected chi connectivity index (χ2v) is 7.63. The van der Waals surface area contributed by atoms with Gasteiger partial charge in [-0.25, -0.2) is 0 Å². The van der Waals surface area contributed by atoms with Crippen LogP contribution in [0, 0.1) is 0 Å². The lowest BCUT2D eigenvalue weighted by Crippen LogP contribution is -2.39. The van der Waals surface area contributed by atoms with Gasteiger partial charge in [-0.3, -0.25) is 9.79 Å². The smallest absolute Gasteiger partial charge is 0.222 e. The highest BCUT2D eigenvalue weighted by Gasteiger charge is 2.26. The summed E-state index contributed by atoms with van der Waals surface area (Å²) in [6, 6.07) is 6.41. The first-order valence-electron chi connectivity index (χ1n) is 11.8. The highest BCUT2D eigenvalue weighted by Crippen LogP contribution is 2.28. The van der Waals surface area contributed by atoms with E-state index in [9.17, 15) is 4.79 Å². The first kappa shape index (κ1) is 28.3. The van der Waals surface area contributed by atoms with Gasteiger partial charge in [0.05, 0.1) is 13.2 Å². The average molecular weight is 561 g/mol. The number of nitrogens with one attached hydrogen (secondary N) is 2. The van der Waals surface area contributed by atoms with Gasteiger partial charge in [-0.15, -0.1) is 24.0 Å². The van der Waals surface area contributed by atoms with Crippen molar-refractivity contribution in [3.05, 3.63) is 23.8 Å². The topological polar surface area (TPSA) is 75.2 Å². The second-order valence-electron chi connectivity index (χ2n) is 7.63. The number of hydrogen-bond acceptors (Lipinski definition) is 4. The minimum atomic E-state index is 0. The van der Waals surface area contributed by atoms with Gasteiger partial charge in [-0.1, -0.05) is 13.0 Å². The van der Waals surface area contributed by atoms with Crippen molar-refractivity contribution in [2.24, 2.45) is 4.99 Å². The Morgan fingerprint density at radius 1 is 1.12 bits per heavy atom. The molecule has 0 spiro atoms. The highest BCUT2D eigenvalue weighted by atomic mass is 127. The zero-order chi connectivity index (χ0) is 22.5. The molecule has 1 atom stereocenters. The normalized spacial score (nSPS) is 14.7. The molecule has 1 aromatic carbocycles. The fourth-order valence-corrected chi connectivity index (χ4v) is 3.88. The first-order chi connectivity index (χ1) is 15.1. The number of ether oxygens (including phenoxy) is 2. The summed E-state index contributed by atoms with van der Waals surface area (Å²) in [5.74, 6) is 2.70. The molecule has 1 aliphatic heterocycles. The van der Waals surface area contributed by atoms with Gasteiger partial charge in [0.25, 0.3) is 0 Å². The molecule has 0 saturated carbocycles. The fraction of sp³-hybridized carbons (Fsp3) is 0.667. The first-order valence-corrected chi connectivity index (χ1v) is 11.8. The van der Waals surface area contributed by atoms with Gasteiger partial charge in [-0.05, 0) is 64.2 Å². The van der Waals surface area contributed by atoms with Crippen molar-refractivity contribution < 1.29 is 14.3 Å². The highest BCUT2D eigenvalue weighted by molar-refractivity contribution is 14.0. The van der Waals surface area contributed by atoms with Crippen LogP contribution < -0.4 is 20.1 Å². The molecule has 2 rings (SSSR count). The van der Waals surface area contributed by atoms with E-state index < -0.39 is 0 Å². The molecule has 1 aromatic rings. The summed E-state index contributed by atoms with van der Waals surface area (Å²) >= 11 is 0. The molecule has 8 heteroatoms. The zero-order valence-electron chi connectivity index (χ0n) is 20.1. The SMILES string of the molecule is CCNC(=NCCC(CC)N1CCCC1=O)NCCc1ccc(OCC)c(OCC)c1.I. The molecule has 2 N–H and O–H groups in total. The maximum Gasteiger partial charge on any atom is 0.222 e. The third kappa shape index (κ3) is 9.03. The van der Waals surface area contributed by atoms with Crippen LogP contribution in [-0.2, 0) is 11.2 Å². The Balaban J connectivity index is 0.00000512. The monoisotopic (exact) mass is 560 g/mol. The van der Waals surface area contributed by atoms with Crippen LogP contribution in [-0.4, -0.2) is 62.2 Å². The Hall–Kier alpha value is -1.71. The van der Waals surface area contributed by atoms with E-state index >= 15 is 0 Å². The molecule has 0 aromatic heterocycles. The minimum Gasteiger partial charge on any atom is -0.490 e. The van der Waals surface area contributed by atoms with Crippen LogP contribution in [0.4, 0.5) is 0 Å². The van der Waals surface area contributed by atoms with Crippen molar-refractivity contribution in [1.29, 1.82) is 0 Å². The van der Waals surface area contributed by atoms with Crippen molar-refractivity contribution >= 4 is 35.8 Å². The molecule has 182 valence electrons. The summed E-state index contributed by atoms with van der Waals surface area (Å²) in [5.41, 5.74) is 1.19. The third-order valence-corrected chi connectivity index (χ3v) is 5.41. The standard InChI is InChI=1S/C24H40N4O3.HI/c1-5-20(28-17-9-10-23(28)29)14-16-27-24(25-6-2)26-15-13-19-11-12-21(30-7-3)22(18-19)31-8-4;/h11-12,18,20H,5-10,13-17H2,1-4H3,(H2,25,26,27);1H. The lowest BCUT2D eigenvalue weighted by molar-refractivity contribution is -0.129. The molecule has 1 unspecified atom stereocenters. The fourth-order valence-electron chi connectivity index (χ4n) is 3.88. The van der Waals surface area contributed by atoms with E-state index in [0.717, 1.165) is 62.8 Å². The number of nitrogens with zero attached hydrogens (tertiary/aromatic N) is 2. The third-order valence-electron chi connectivity index (χ3n) is 5.41. The maximum atomic E-state index is 12.0. The molecular weight excluding hydrogens is 519 g/mol. The predicted octanol–water partition coefficient (Wildman–Crippen LogP) is 3.99. The van der Waals surface area contributed by atoms with E-state index in [0.29, 0.717) is 38.1 Å². The molecule has 0 aliphatic carbocycles. The van der Waals surface area contributed by atoms with E-state index in [1.807, 2.05) is 24.8 Å². The van der Waals surface area contributed by atoms with Crippen LogP contribution in [0.25, 0.3) is 0 Å². The largest absolute Gasteiger partial charge is 0.490 e. The summed E-state index contributed by atoms with van der Waals surface area (Å²) in [6.45, 7) is 12.6. The van der Waals surface area contributed by atoms with Crippen LogP contribution in [0.1, 0.15) is 58.9 Å². The van der Waals surface area contributed by atoms with Crippen LogP contribution >= 0.6 is 24.0 Å². The number of carbonyl (C=O) groups is 1. The van der Waals surface area contributed by atoms with Crippen molar-refractivity contribution in [3.63, 3.8) is 0 Å². The second kappa shape index (κ2) is 16.0. The Kier molecular flexibility index (Phi) is 14.2. The Morgan fingerprint density at radius 3 is 2.50 bits per heavy atom. The summed E-state index contributed by atoms with van der Waals surface area (Å²) in [6.07, 6.45) is 4.41. The van der Waals surface area contributed by atoms with Gasteiger partial charge in [-0.2, -0.15) is 0 Å². The van der Waals surface area contributed by atoms with Gasteiger partial charge in [0.1, 0.15) is 0 Å². The molecule has 1 fully saturated rings. The van der Waals surface area contributed by atoms with Crippen LogP contribution in [0.5, 0.6) is 11.5 Å². The Bertz CT molecular complexity index is 714. The van der Waals surface area contributed by atoms with Crippen molar-refractivity contribution in [3.8, 4) is 11.5 Å². The lowest BCUT2D eigenvalue weighted by atomic mass is 10.1. The number of amides is 1. The molecule has 32 heavy (non-hydrogen) atoms. The molecule has 7 nitrogen and oxygen atoms in total.